The number of anilines is 4. The number of rotatable bonds is 5. The van der Waals surface area contributed by atoms with Gasteiger partial charge in [-0.1, -0.05) is 17.7 Å². The third-order valence-corrected chi connectivity index (χ3v) is 4.46. The van der Waals surface area contributed by atoms with Crippen LogP contribution in [-0.4, -0.2) is 25.6 Å². The molecule has 0 bridgehead atoms. The lowest BCUT2D eigenvalue weighted by molar-refractivity contribution is 0.262. The van der Waals surface area contributed by atoms with Crippen molar-refractivity contribution in [2.45, 2.75) is 6.92 Å². The zero-order chi connectivity index (χ0) is 20.9. The summed E-state index contributed by atoms with van der Waals surface area (Å²) in [5, 5.41) is 9.29. The minimum absolute atomic E-state index is 0.353. The Morgan fingerprint density at radius 3 is 2.43 bits per heavy atom. The predicted molar refractivity (Wildman–Crippen MR) is 118 cm³/mol. The Morgan fingerprint density at radius 2 is 1.70 bits per heavy atom. The summed E-state index contributed by atoms with van der Waals surface area (Å²) in [4.78, 5) is 24.9. The van der Waals surface area contributed by atoms with E-state index in [0.29, 0.717) is 22.2 Å². The highest BCUT2D eigenvalue weighted by molar-refractivity contribution is 6.30. The standard InChI is InChI=1S/C21H18ClN7O/c1-14-23-9-10-29(14)20-12-19(24-13-25-20)26-16-5-7-17(8-6-16)27-21(30)28-18-4-2-3-15(22)11-18/h2-13H,1H3,(H,24,25,26)(H2,27,28,30). The third kappa shape index (κ3) is 4.73. The number of hydrogen-bond donors (Lipinski definition) is 3. The number of amides is 2. The van der Waals surface area contributed by atoms with Gasteiger partial charge in [-0.05, 0) is 49.4 Å². The van der Waals surface area contributed by atoms with E-state index >= 15 is 0 Å². The fourth-order valence-electron chi connectivity index (χ4n) is 2.81. The minimum Gasteiger partial charge on any atom is -0.340 e. The first-order chi connectivity index (χ1) is 14.6. The monoisotopic (exact) mass is 419 g/mol. The molecule has 9 heteroatoms. The molecule has 2 heterocycles. The maximum absolute atomic E-state index is 12.1. The lowest BCUT2D eigenvalue weighted by Gasteiger charge is -2.10. The van der Waals surface area contributed by atoms with Gasteiger partial charge in [-0.25, -0.2) is 19.7 Å². The maximum atomic E-state index is 12.1. The molecule has 4 aromatic rings. The van der Waals surface area contributed by atoms with Crippen molar-refractivity contribution in [2.24, 2.45) is 0 Å². The van der Waals surface area contributed by atoms with Crippen molar-refractivity contribution in [2.75, 3.05) is 16.0 Å². The van der Waals surface area contributed by atoms with E-state index in [4.69, 9.17) is 11.6 Å². The first-order valence-corrected chi connectivity index (χ1v) is 9.48. The molecule has 3 N–H and O–H groups in total. The van der Waals surface area contributed by atoms with Crippen LogP contribution < -0.4 is 16.0 Å². The number of imidazole rings is 1. The molecule has 0 fully saturated rings. The van der Waals surface area contributed by atoms with Gasteiger partial charge in [0.05, 0.1) is 0 Å². The topological polar surface area (TPSA) is 96.8 Å². The number of carbonyl (C=O) groups excluding carboxylic acids is 1. The van der Waals surface area contributed by atoms with E-state index in [9.17, 15) is 4.79 Å². The van der Waals surface area contributed by atoms with E-state index in [2.05, 4.69) is 30.9 Å². The van der Waals surface area contributed by atoms with E-state index < -0.39 is 0 Å². The van der Waals surface area contributed by atoms with E-state index in [1.165, 1.54) is 6.33 Å². The molecule has 8 nitrogen and oxygen atoms in total. The van der Waals surface area contributed by atoms with Crippen LogP contribution >= 0.6 is 11.6 Å². The normalized spacial score (nSPS) is 10.5. The van der Waals surface area contributed by atoms with Gasteiger partial charge in [-0.3, -0.25) is 4.57 Å². The van der Waals surface area contributed by atoms with Gasteiger partial charge in [0.1, 0.15) is 23.8 Å². The number of carbonyl (C=O) groups is 1. The highest BCUT2D eigenvalue weighted by Crippen LogP contribution is 2.20. The van der Waals surface area contributed by atoms with E-state index in [1.807, 2.05) is 35.9 Å². The molecule has 0 spiro atoms. The SMILES string of the molecule is Cc1nccn1-c1cc(Nc2ccc(NC(=O)Nc3cccc(Cl)c3)cc2)ncn1. The molecule has 2 aromatic heterocycles. The van der Waals surface area contributed by atoms with Crippen molar-refractivity contribution in [3.63, 3.8) is 0 Å². The molecule has 0 saturated carbocycles. The molecule has 0 atom stereocenters. The maximum Gasteiger partial charge on any atom is 0.323 e. The molecule has 0 aliphatic carbocycles. The zero-order valence-electron chi connectivity index (χ0n) is 16.0. The van der Waals surface area contributed by atoms with Crippen LogP contribution in [0.3, 0.4) is 0 Å². The average molecular weight is 420 g/mol. The number of nitrogens with zero attached hydrogens (tertiary/aromatic N) is 4. The molecule has 0 radical (unpaired) electrons. The van der Waals surface area contributed by atoms with E-state index in [0.717, 1.165) is 17.3 Å². The van der Waals surface area contributed by atoms with Crippen LogP contribution in [0.4, 0.5) is 27.7 Å². The van der Waals surface area contributed by atoms with E-state index in [-0.39, 0.29) is 6.03 Å². The van der Waals surface area contributed by atoms with Gasteiger partial charge in [-0.2, -0.15) is 0 Å². The quantitative estimate of drug-likeness (QED) is 0.422. The second-order valence-electron chi connectivity index (χ2n) is 6.40. The lowest BCUT2D eigenvalue weighted by Crippen LogP contribution is -2.19. The van der Waals surface area contributed by atoms with Crippen molar-refractivity contribution in [1.82, 2.24) is 19.5 Å². The number of benzene rings is 2. The number of aryl methyl sites for hydroxylation is 1. The van der Waals surface area contributed by atoms with Gasteiger partial charge < -0.3 is 16.0 Å². The Kier molecular flexibility index (Phi) is 5.58. The second kappa shape index (κ2) is 8.62. The Bertz CT molecular complexity index is 1170. The summed E-state index contributed by atoms with van der Waals surface area (Å²) < 4.78 is 1.87. The number of urea groups is 1. The molecule has 30 heavy (non-hydrogen) atoms. The Labute approximate surface area is 178 Å². The van der Waals surface area contributed by atoms with Crippen LogP contribution in [0.1, 0.15) is 5.82 Å². The van der Waals surface area contributed by atoms with Crippen LogP contribution in [0.2, 0.25) is 5.02 Å². The fourth-order valence-corrected chi connectivity index (χ4v) is 3.00. The molecule has 0 saturated heterocycles. The van der Waals surface area contributed by atoms with Gasteiger partial charge in [0.25, 0.3) is 0 Å². The summed E-state index contributed by atoms with van der Waals surface area (Å²) in [6, 6.07) is 15.7. The number of nitrogens with one attached hydrogen (secondary N) is 3. The molecular weight excluding hydrogens is 402 g/mol. The highest BCUT2D eigenvalue weighted by atomic mass is 35.5. The number of halogens is 1. The molecule has 4 rings (SSSR count). The van der Waals surface area contributed by atoms with Crippen molar-refractivity contribution >= 4 is 40.5 Å². The molecule has 2 amide bonds. The Hall–Kier alpha value is -3.91. The lowest BCUT2D eigenvalue weighted by atomic mass is 10.2. The summed E-state index contributed by atoms with van der Waals surface area (Å²) in [5.41, 5.74) is 2.09. The molecule has 2 aromatic carbocycles. The van der Waals surface area contributed by atoms with Crippen molar-refractivity contribution in [1.29, 1.82) is 0 Å². The number of hydrogen-bond acceptors (Lipinski definition) is 5. The molecule has 150 valence electrons. The van der Waals surface area contributed by atoms with Crippen LogP contribution in [0.15, 0.2) is 73.3 Å². The molecule has 0 aliphatic heterocycles. The summed E-state index contributed by atoms with van der Waals surface area (Å²) in [6.07, 6.45) is 5.06. The fraction of sp³-hybridized carbons (Fsp3) is 0.0476. The number of aromatic nitrogens is 4. The summed E-state index contributed by atoms with van der Waals surface area (Å²) in [6.45, 7) is 1.91. The van der Waals surface area contributed by atoms with Gasteiger partial charge in [0.15, 0.2) is 0 Å². The minimum atomic E-state index is -0.353. The summed E-state index contributed by atoms with van der Waals surface area (Å²) >= 11 is 5.93. The molecule has 0 unspecified atom stereocenters. The van der Waals surface area contributed by atoms with Gasteiger partial charge >= 0.3 is 6.03 Å². The van der Waals surface area contributed by atoms with Crippen LogP contribution in [-0.2, 0) is 0 Å². The van der Waals surface area contributed by atoms with Crippen molar-refractivity contribution in [3.8, 4) is 5.82 Å². The van der Waals surface area contributed by atoms with Crippen molar-refractivity contribution in [3.05, 3.63) is 84.2 Å². The summed E-state index contributed by atoms with van der Waals surface area (Å²) in [5.74, 6) is 2.21. The first kappa shape index (κ1) is 19.4. The van der Waals surface area contributed by atoms with Crippen LogP contribution in [0.5, 0.6) is 0 Å². The Morgan fingerprint density at radius 1 is 0.933 bits per heavy atom. The Balaban J connectivity index is 1.39. The highest BCUT2D eigenvalue weighted by Gasteiger charge is 2.06. The van der Waals surface area contributed by atoms with E-state index in [1.54, 1.807) is 42.6 Å². The second-order valence-corrected chi connectivity index (χ2v) is 6.83. The van der Waals surface area contributed by atoms with Crippen molar-refractivity contribution < 1.29 is 4.79 Å². The first-order valence-electron chi connectivity index (χ1n) is 9.10. The predicted octanol–water partition coefficient (Wildman–Crippen LogP) is 5.01. The molecular formula is C21H18ClN7O. The average Bonchev–Trinajstić information content (AvgIpc) is 3.16. The zero-order valence-corrected chi connectivity index (χ0v) is 16.8. The van der Waals surface area contributed by atoms with Gasteiger partial charge in [0.2, 0.25) is 0 Å². The summed E-state index contributed by atoms with van der Waals surface area (Å²) in [7, 11) is 0. The van der Waals surface area contributed by atoms with Crippen LogP contribution in [0, 0.1) is 6.92 Å². The third-order valence-electron chi connectivity index (χ3n) is 4.22. The molecule has 0 aliphatic rings. The van der Waals surface area contributed by atoms with Crippen LogP contribution in [0.25, 0.3) is 5.82 Å². The smallest absolute Gasteiger partial charge is 0.323 e. The largest absolute Gasteiger partial charge is 0.340 e. The van der Waals surface area contributed by atoms with Gasteiger partial charge in [-0.15, -0.1) is 0 Å². The van der Waals surface area contributed by atoms with Gasteiger partial charge in [0, 0.05) is 40.5 Å².